The van der Waals surface area contributed by atoms with Crippen molar-refractivity contribution in [3.05, 3.63) is 0 Å². The van der Waals surface area contributed by atoms with E-state index in [9.17, 15) is 8.42 Å². The lowest BCUT2D eigenvalue weighted by Crippen LogP contribution is -2.37. The first-order chi connectivity index (χ1) is 9.98. The van der Waals surface area contributed by atoms with Gasteiger partial charge in [0.25, 0.3) is 0 Å². The van der Waals surface area contributed by atoms with Crippen molar-refractivity contribution in [3.8, 4) is 0 Å². The predicted octanol–water partition coefficient (Wildman–Crippen LogP) is 0.322. The number of sulfonamides is 1. The number of guanidine groups is 1. The van der Waals surface area contributed by atoms with Crippen LogP contribution in [0.5, 0.6) is 0 Å². The van der Waals surface area contributed by atoms with Crippen LogP contribution in [-0.4, -0.2) is 63.8 Å². The SMILES string of the molecule is CCN1CCCC1CN=C(N)NCCCNS(=O)(=O)CC.I. The molecule has 1 rings (SSSR count). The summed E-state index contributed by atoms with van der Waals surface area (Å²) in [7, 11) is -3.10. The molecule has 1 aliphatic heterocycles. The Morgan fingerprint density at radius 2 is 2.09 bits per heavy atom. The summed E-state index contributed by atoms with van der Waals surface area (Å²) in [4.78, 5) is 6.80. The topological polar surface area (TPSA) is 99.8 Å². The van der Waals surface area contributed by atoms with Gasteiger partial charge in [-0.2, -0.15) is 0 Å². The fraction of sp³-hybridized carbons (Fsp3) is 0.923. The molecular weight excluding hydrogens is 417 g/mol. The summed E-state index contributed by atoms with van der Waals surface area (Å²) in [6.07, 6.45) is 3.10. The van der Waals surface area contributed by atoms with Gasteiger partial charge in [-0.3, -0.25) is 9.89 Å². The van der Waals surface area contributed by atoms with E-state index in [1.54, 1.807) is 6.92 Å². The second-order valence-electron chi connectivity index (χ2n) is 5.23. The highest BCUT2D eigenvalue weighted by atomic mass is 127. The minimum absolute atomic E-state index is 0. The van der Waals surface area contributed by atoms with Crippen LogP contribution in [0.2, 0.25) is 0 Å². The lowest BCUT2D eigenvalue weighted by atomic mass is 10.2. The van der Waals surface area contributed by atoms with Crippen molar-refractivity contribution >= 4 is 40.0 Å². The number of nitrogens with two attached hydrogens (primary N) is 1. The van der Waals surface area contributed by atoms with Crippen LogP contribution in [0.3, 0.4) is 0 Å². The van der Waals surface area contributed by atoms with E-state index in [2.05, 4.69) is 26.9 Å². The van der Waals surface area contributed by atoms with Crippen molar-refractivity contribution in [1.29, 1.82) is 0 Å². The number of hydrogen-bond acceptors (Lipinski definition) is 4. The summed E-state index contributed by atoms with van der Waals surface area (Å²) >= 11 is 0. The lowest BCUT2D eigenvalue weighted by molar-refractivity contribution is 0.273. The van der Waals surface area contributed by atoms with Crippen LogP contribution in [0.15, 0.2) is 4.99 Å². The Bertz CT molecular complexity index is 430. The first-order valence-electron chi connectivity index (χ1n) is 7.73. The van der Waals surface area contributed by atoms with Gasteiger partial charge in [-0.1, -0.05) is 6.92 Å². The minimum Gasteiger partial charge on any atom is -0.370 e. The summed E-state index contributed by atoms with van der Waals surface area (Å²) < 4.78 is 25.0. The molecule has 0 aliphatic carbocycles. The zero-order chi connectivity index (χ0) is 15.7. The zero-order valence-electron chi connectivity index (χ0n) is 13.5. The maximum absolute atomic E-state index is 11.2. The van der Waals surface area contributed by atoms with E-state index in [-0.39, 0.29) is 29.7 Å². The quantitative estimate of drug-likeness (QED) is 0.205. The van der Waals surface area contributed by atoms with Crippen molar-refractivity contribution in [3.63, 3.8) is 0 Å². The van der Waals surface area contributed by atoms with Crippen LogP contribution in [0, 0.1) is 0 Å². The fourth-order valence-electron chi connectivity index (χ4n) is 2.41. The number of hydrogen-bond donors (Lipinski definition) is 3. The third-order valence-electron chi connectivity index (χ3n) is 3.74. The molecule has 0 aromatic rings. The van der Waals surface area contributed by atoms with Crippen molar-refractivity contribution in [2.75, 3.05) is 38.5 Å². The van der Waals surface area contributed by atoms with Gasteiger partial charge in [0, 0.05) is 19.1 Å². The number of aliphatic imine (C=N–C) groups is 1. The molecule has 0 radical (unpaired) electrons. The normalized spacial score (nSPS) is 19.9. The van der Waals surface area contributed by atoms with Crippen molar-refractivity contribution in [2.24, 2.45) is 10.7 Å². The molecular formula is C13H30IN5O2S. The van der Waals surface area contributed by atoms with E-state index in [0.29, 0.717) is 31.5 Å². The maximum Gasteiger partial charge on any atom is 0.211 e. The van der Waals surface area contributed by atoms with Crippen molar-refractivity contribution < 1.29 is 8.42 Å². The van der Waals surface area contributed by atoms with Crippen LogP contribution < -0.4 is 15.8 Å². The first kappa shape index (κ1) is 21.9. The number of halogens is 1. The summed E-state index contributed by atoms with van der Waals surface area (Å²) in [6, 6.07) is 0.506. The molecule has 0 spiro atoms. The van der Waals surface area contributed by atoms with Crippen LogP contribution in [0.25, 0.3) is 0 Å². The molecule has 1 fully saturated rings. The minimum atomic E-state index is -3.10. The molecule has 0 aromatic heterocycles. The molecule has 1 saturated heterocycles. The molecule has 0 bridgehead atoms. The molecule has 132 valence electrons. The zero-order valence-corrected chi connectivity index (χ0v) is 16.7. The van der Waals surface area contributed by atoms with E-state index < -0.39 is 10.0 Å². The van der Waals surface area contributed by atoms with E-state index in [1.165, 1.54) is 12.8 Å². The summed E-state index contributed by atoms with van der Waals surface area (Å²) in [5.41, 5.74) is 5.81. The highest BCUT2D eigenvalue weighted by Crippen LogP contribution is 2.16. The van der Waals surface area contributed by atoms with Gasteiger partial charge in [-0.15, -0.1) is 24.0 Å². The molecule has 0 saturated carbocycles. The number of nitrogens with zero attached hydrogens (tertiary/aromatic N) is 2. The monoisotopic (exact) mass is 447 g/mol. The molecule has 7 nitrogen and oxygen atoms in total. The molecule has 22 heavy (non-hydrogen) atoms. The second-order valence-corrected chi connectivity index (χ2v) is 7.32. The Balaban J connectivity index is 0.00000441. The van der Waals surface area contributed by atoms with Gasteiger partial charge in [-0.05, 0) is 39.3 Å². The third-order valence-corrected chi connectivity index (χ3v) is 5.14. The van der Waals surface area contributed by atoms with Gasteiger partial charge >= 0.3 is 0 Å². The summed E-state index contributed by atoms with van der Waals surface area (Å²) in [5, 5.41) is 3.02. The largest absolute Gasteiger partial charge is 0.370 e. The number of nitrogens with one attached hydrogen (secondary N) is 2. The highest BCUT2D eigenvalue weighted by Gasteiger charge is 2.22. The molecule has 0 aromatic carbocycles. The van der Waals surface area contributed by atoms with Crippen LogP contribution in [0.1, 0.15) is 33.1 Å². The molecule has 4 N–H and O–H groups in total. The third kappa shape index (κ3) is 8.49. The average molecular weight is 447 g/mol. The van der Waals surface area contributed by atoms with Gasteiger partial charge in [0.05, 0.1) is 12.3 Å². The van der Waals surface area contributed by atoms with Gasteiger partial charge < -0.3 is 11.1 Å². The van der Waals surface area contributed by atoms with Crippen LogP contribution in [-0.2, 0) is 10.0 Å². The Morgan fingerprint density at radius 1 is 1.36 bits per heavy atom. The van der Waals surface area contributed by atoms with Crippen LogP contribution >= 0.6 is 24.0 Å². The van der Waals surface area contributed by atoms with E-state index in [4.69, 9.17) is 5.73 Å². The Hall–Kier alpha value is -0.130. The molecule has 9 heteroatoms. The lowest BCUT2D eigenvalue weighted by Gasteiger charge is -2.20. The van der Waals surface area contributed by atoms with Gasteiger partial charge in [-0.25, -0.2) is 13.1 Å². The van der Waals surface area contributed by atoms with E-state index in [1.807, 2.05) is 0 Å². The van der Waals surface area contributed by atoms with Gasteiger partial charge in [0.15, 0.2) is 5.96 Å². The molecule has 0 amide bonds. The van der Waals surface area contributed by atoms with Crippen molar-refractivity contribution in [2.45, 2.75) is 39.2 Å². The standard InChI is InChI=1S/C13H29N5O2S.HI/c1-3-18-10-5-7-12(18)11-16-13(14)15-8-6-9-17-21(19,20)4-2;/h12,17H,3-11H2,1-2H3,(H3,14,15,16);1H. The second kappa shape index (κ2) is 11.4. The Morgan fingerprint density at radius 3 is 2.73 bits per heavy atom. The highest BCUT2D eigenvalue weighted by molar-refractivity contribution is 14.0. The van der Waals surface area contributed by atoms with E-state index in [0.717, 1.165) is 19.6 Å². The number of rotatable bonds is 9. The van der Waals surface area contributed by atoms with Crippen molar-refractivity contribution in [1.82, 2.24) is 14.9 Å². The average Bonchev–Trinajstić information content (AvgIpc) is 2.92. The van der Waals surface area contributed by atoms with Crippen LogP contribution in [0.4, 0.5) is 0 Å². The summed E-state index contributed by atoms with van der Waals surface area (Å²) in [6.45, 7) is 7.77. The molecule has 1 unspecified atom stereocenters. The molecule has 1 atom stereocenters. The van der Waals surface area contributed by atoms with Gasteiger partial charge in [0.1, 0.15) is 0 Å². The smallest absolute Gasteiger partial charge is 0.211 e. The first-order valence-corrected chi connectivity index (χ1v) is 9.39. The predicted molar refractivity (Wildman–Crippen MR) is 102 cm³/mol. The summed E-state index contributed by atoms with van der Waals surface area (Å²) in [5.74, 6) is 0.551. The maximum atomic E-state index is 11.2. The Kier molecular flexibility index (Phi) is 11.3. The molecule has 1 heterocycles. The number of likely N-dealkylation sites (N-methyl/N-ethyl adjacent to an activating group) is 1. The number of likely N-dealkylation sites (tertiary alicyclic amines) is 1. The van der Waals surface area contributed by atoms with E-state index >= 15 is 0 Å². The molecule has 1 aliphatic rings. The Labute approximate surface area is 151 Å². The van der Waals surface area contributed by atoms with Gasteiger partial charge in [0.2, 0.25) is 10.0 Å². The fourth-order valence-corrected chi connectivity index (χ4v) is 3.07.